The van der Waals surface area contributed by atoms with Crippen LogP contribution in [0.25, 0.3) is 0 Å². The summed E-state index contributed by atoms with van der Waals surface area (Å²) in [6.45, 7) is 9.56. The van der Waals surface area contributed by atoms with Gasteiger partial charge in [0.25, 0.3) is 0 Å². The number of benzene rings is 2. The first-order valence-electron chi connectivity index (χ1n) is 9.34. The number of nitrogens with zero attached hydrogens (tertiary/aromatic N) is 1. The maximum absolute atomic E-state index is 10.7. The van der Waals surface area contributed by atoms with Crippen LogP contribution in [0.1, 0.15) is 42.4 Å². The van der Waals surface area contributed by atoms with Gasteiger partial charge in [-0.2, -0.15) is 0 Å². The van der Waals surface area contributed by atoms with Gasteiger partial charge in [-0.05, 0) is 63.9 Å². The molecule has 0 saturated carbocycles. The maximum Gasteiger partial charge on any atom is 0.119 e. The van der Waals surface area contributed by atoms with E-state index in [0.717, 1.165) is 24.9 Å². The zero-order valence-corrected chi connectivity index (χ0v) is 16.5. The molecule has 3 heteroatoms. The van der Waals surface area contributed by atoms with Crippen LogP contribution in [0.5, 0.6) is 5.75 Å². The molecule has 1 aliphatic heterocycles. The number of likely N-dealkylation sites (tertiary alicyclic amines) is 1. The van der Waals surface area contributed by atoms with E-state index in [0.29, 0.717) is 5.75 Å². The number of phenolic OH excluding ortho intramolecular Hbond substituents is 1. The van der Waals surface area contributed by atoms with Crippen molar-refractivity contribution < 1.29 is 5.11 Å². The van der Waals surface area contributed by atoms with E-state index in [2.05, 4.69) is 54.8 Å². The summed E-state index contributed by atoms with van der Waals surface area (Å²) in [7, 11) is 0. The van der Waals surface area contributed by atoms with E-state index in [1.165, 1.54) is 37.1 Å². The Kier molecular flexibility index (Phi) is 7.31. The molecule has 26 heavy (non-hydrogen) atoms. The molecule has 0 amide bonds. The quantitative estimate of drug-likeness (QED) is 0.652. The Balaban J connectivity index is 0.00000243. The number of hydrogen-bond acceptors (Lipinski definition) is 2. The molecule has 1 unspecified atom stereocenters. The molecule has 0 radical (unpaired) electrons. The van der Waals surface area contributed by atoms with Crippen molar-refractivity contribution in [2.45, 2.75) is 38.0 Å². The van der Waals surface area contributed by atoms with Crippen molar-refractivity contribution in [3.63, 3.8) is 0 Å². The predicted octanol–water partition coefficient (Wildman–Crippen LogP) is 5.47. The normalized spacial score (nSPS) is 16.7. The van der Waals surface area contributed by atoms with Crippen molar-refractivity contribution in [1.29, 1.82) is 0 Å². The molecule has 0 bridgehead atoms. The van der Waals surface area contributed by atoms with E-state index in [1.807, 2.05) is 18.2 Å². The summed E-state index contributed by atoms with van der Waals surface area (Å²) in [5.74, 6) is 0.387. The highest BCUT2D eigenvalue weighted by Gasteiger charge is 2.35. The van der Waals surface area contributed by atoms with Gasteiger partial charge in [-0.3, -0.25) is 0 Å². The lowest BCUT2D eigenvalue weighted by atomic mass is 9.69. The number of allylic oxidation sites excluding steroid dienone is 1. The highest BCUT2D eigenvalue weighted by atomic mass is 35.5. The second-order valence-corrected chi connectivity index (χ2v) is 7.26. The van der Waals surface area contributed by atoms with Gasteiger partial charge in [0.15, 0.2) is 0 Å². The highest BCUT2D eigenvalue weighted by Crippen LogP contribution is 2.44. The van der Waals surface area contributed by atoms with Crippen LogP contribution in [-0.4, -0.2) is 29.6 Å². The lowest BCUT2D eigenvalue weighted by Crippen LogP contribution is -2.33. The van der Waals surface area contributed by atoms with Crippen LogP contribution in [0.2, 0.25) is 0 Å². The lowest BCUT2D eigenvalue weighted by molar-refractivity contribution is 0.294. The SMILES string of the molecule is C=CCC(CCN1CCCC1)(c1ccccc1)c1cc(C)ccc1O.Cl. The summed E-state index contributed by atoms with van der Waals surface area (Å²) in [5.41, 5.74) is 3.23. The topological polar surface area (TPSA) is 23.5 Å². The molecule has 1 aliphatic rings. The molecule has 0 aromatic heterocycles. The van der Waals surface area contributed by atoms with Crippen LogP contribution in [0, 0.1) is 6.92 Å². The fourth-order valence-electron chi connectivity index (χ4n) is 4.16. The van der Waals surface area contributed by atoms with Gasteiger partial charge in [0, 0.05) is 11.0 Å². The second kappa shape index (κ2) is 9.25. The second-order valence-electron chi connectivity index (χ2n) is 7.26. The van der Waals surface area contributed by atoms with E-state index < -0.39 is 0 Å². The van der Waals surface area contributed by atoms with Gasteiger partial charge in [-0.1, -0.05) is 54.1 Å². The molecule has 2 aromatic carbocycles. The minimum Gasteiger partial charge on any atom is -0.508 e. The minimum absolute atomic E-state index is 0. The zero-order chi connectivity index (χ0) is 17.7. The van der Waals surface area contributed by atoms with Gasteiger partial charge < -0.3 is 10.0 Å². The molecule has 0 spiro atoms. The number of halogens is 1. The third-order valence-electron chi connectivity index (χ3n) is 5.54. The Labute approximate surface area is 164 Å². The maximum atomic E-state index is 10.7. The summed E-state index contributed by atoms with van der Waals surface area (Å²) in [4.78, 5) is 2.55. The molecule has 1 N–H and O–H groups in total. The van der Waals surface area contributed by atoms with Gasteiger partial charge in [-0.15, -0.1) is 19.0 Å². The number of phenols is 1. The van der Waals surface area contributed by atoms with Gasteiger partial charge >= 0.3 is 0 Å². The summed E-state index contributed by atoms with van der Waals surface area (Å²) in [6, 6.07) is 16.6. The molecule has 1 atom stereocenters. The lowest BCUT2D eigenvalue weighted by Gasteiger charge is -2.36. The number of aryl methyl sites for hydroxylation is 1. The van der Waals surface area contributed by atoms with Gasteiger partial charge in [-0.25, -0.2) is 0 Å². The van der Waals surface area contributed by atoms with E-state index in [-0.39, 0.29) is 17.8 Å². The predicted molar refractivity (Wildman–Crippen MR) is 112 cm³/mol. The first-order chi connectivity index (χ1) is 12.2. The smallest absolute Gasteiger partial charge is 0.119 e. The number of rotatable bonds is 7. The molecule has 1 saturated heterocycles. The monoisotopic (exact) mass is 371 g/mol. The van der Waals surface area contributed by atoms with Crippen LogP contribution in [0.3, 0.4) is 0 Å². The van der Waals surface area contributed by atoms with Crippen molar-refractivity contribution in [3.8, 4) is 5.75 Å². The Morgan fingerprint density at radius 2 is 1.81 bits per heavy atom. The van der Waals surface area contributed by atoms with Gasteiger partial charge in [0.05, 0.1) is 0 Å². The molecule has 140 valence electrons. The largest absolute Gasteiger partial charge is 0.508 e. The average Bonchev–Trinajstić information content (AvgIpc) is 3.15. The molecule has 3 rings (SSSR count). The van der Waals surface area contributed by atoms with Crippen LogP contribution in [-0.2, 0) is 5.41 Å². The molecule has 1 heterocycles. The summed E-state index contributed by atoms with van der Waals surface area (Å²) < 4.78 is 0. The van der Waals surface area contributed by atoms with Crippen LogP contribution < -0.4 is 0 Å². The minimum atomic E-state index is -0.234. The summed E-state index contributed by atoms with van der Waals surface area (Å²) in [5, 5.41) is 10.7. The van der Waals surface area contributed by atoms with Crippen molar-refractivity contribution in [2.75, 3.05) is 19.6 Å². The Hall–Kier alpha value is -1.77. The molecular weight excluding hydrogens is 342 g/mol. The molecule has 0 aliphatic carbocycles. The van der Waals surface area contributed by atoms with Gasteiger partial charge in [0.2, 0.25) is 0 Å². The molecular formula is C23H30ClNO. The van der Waals surface area contributed by atoms with E-state index in [4.69, 9.17) is 0 Å². The first kappa shape index (κ1) is 20.5. The van der Waals surface area contributed by atoms with Crippen LogP contribution in [0.4, 0.5) is 0 Å². The highest BCUT2D eigenvalue weighted by molar-refractivity contribution is 5.85. The third kappa shape index (κ3) is 4.31. The number of hydrogen-bond donors (Lipinski definition) is 1. The molecule has 2 aromatic rings. The Morgan fingerprint density at radius 3 is 2.46 bits per heavy atom. The average molecular weight is 372 g/mol. The van der Waals surface area contributed by atoms with E-state index in [1.54, 1.807) is 0 Å². The van der Waals surface area contributed by atoms with Crippen LogP contribution in [0.15, 0.2) is 61.2 Å². The van der Waals surface area contributed by atoms with Crippen molar-refractivity contribution in [3.05, 3.63) is 77.9 Å². The number of aromatic hydroxyl groups is 1. The molecule has 2 nitrogen and oxygen atoms in total. The van der Waals surface area contributed by atoms with Crippen molar-refractivity contribution in [1.82, 2.24) is 4.90 Å². The van der Waals surface area contributed by atoms with Crippen molar-refractivity contribution >= 4 is 12.4 Å². The van der Waals surface area contributed by atoms with Gasteiger partial charge in [0.1, 0.15) is 5.75 Å². The fourth-order valence-corrected chi connectivity index (χ4v) is 4.16. The Morgan fingerprint density at radius 1 is 1.12 bits per heavy atom. The Bertz CT molecular complexity index is 709. The van der Waals surface area contributed by atoms with Crippen molar-refractivity contribution in [2.24, 2.45) is 0 Å². The van der Waals surface area contributed by atoms with E-state index >= 15 is 0 Å². The summed E-state index contributed by atoms with van der Waals surface area (Å²) >= 11 is 0. The standard InChI is InChI=1S/C23H29NO.ClH/c1-3-13-23(20-9-5-4-6-10-20,14-17-24-15-7-8-16-24)21-18-19(2)11-12-22(21)25;/h3-6,9-12,18,25H,1,7-8,13-17H2,2H3;1H. The van der Waals surface area contributed by atoms with E-state index in [9.17, 15) is 5.11 Å². The first-order valence-corrected chi connectivity index (χ1v) is 9.34. The molecule has 1 fully saturated rings. The third-order valence-corrected chi connectivity index (χ3v) is 5.54. The van der Waals surface area contributed by atoms with Crippen LogP contribution >= 0.6 is 12.4 Å². The fraction of sp³-hybridized carbons (Fsp3) is 0.391. The zero-order valence-electron chi connectivity index (χ0n) is 15.7. The summed E-state index contributed by atoms with van der Waals surface area (Å²) in [6.07, 6.45) is 6.41.